The van der Waals surface area contributed by atoms with E-state index < -0.39 is 5.95 Å². The number of pyridine rings is 3. The fraction of sp³-hybridized carbons (Fsp3) is 0.150. The number of H-pyrrole nitrogens is 1. The fourth-order valence-corrected chi connectivity index (χ4v) is 2.99. The van der Waals surface area contributed by atoms with Crippen LogP contribution in [0.1, 0.15) is 12.5 Å². The Kier molecular flexibility index (Phi) is 4.42. The van der Waals surface area contributed by atoms with Gasteiger partial charge >= 0.3 is 0 Å². The summed E-state index contributed by atoms with van der Waals surface area (Å²) in [6.07, 6.45) is 5.14. The van der Waals surface area contributed by atoms with Gasteiger partial charge in [0.15, 0.2) is 0 Å². The first-order valence-corrected chi connectivity index (χ1v) is 8.61. The maximum atomic E-state index is 14.8. The number of aryl methyl sites for hydroxylation is 1. The predicted molar refractivity (Wildman–Crippen MR) is 103 cm³/mol. The van der Waals surface area contributed by atoms with Crippen LogP contribution in [0.5, 0.6) is 5.88 Å². The van der Waals surface area contributed by atoms with Gasteiger partial charge in [-0.25, -0.2) is 15.0 Å². The van der Waals surface area contributed by atoms with Crippen LogP contribution in [0.15, 0.2) is 48.9 Å². The summed E-state index contributed by atoms with van der Waals surface area (Å²) in [6, 6.07) is 8.91. The van der Waals surface area contributed by atoms with E-state index in [1.165, 1.54) is 0 Å². The summed E-state index contributed by atoms with van der Waals surface area (Å²) in [5.74, 6) is 0.399. The second-order valence-electron chi connectivity index (χ2n) is 6.03. The van der Waals surface area contributed by atoms with E-state index in [2.05, 4.69) is 25.3 Å². The van der Waals surface area contributed by atoms with E-state index in [0.717, 1.165) is 22.2 Å². The molecule has 0 radical (unpaired) electrons. The highest BCUT2D eigenvalue weighted by atomic mass is 19.1. The van der Waals surface area contributed by atoms with Crippen LogP contribution in [0.4, 0.5) is 15.9 Å². The number of nitrogens with zero attached hydrogens (tertiary/aromatic N) is 3. The molecule has 0 fully saturated rings. The van der Waals surface area contributed by atoms with E-state index in [-0.39, 0.29) is 0 Å². The maximum Gasteiger partial charge on any atom is 0.222 e. The minimum Gasteiger partial charge on any atom is -0.478 e. The molecule has 0 aliphatic carbocycles. The van der Waals surface area contributed by atoms with Crippen molar-refractivity contribution in [3.8, 4) is 17.0 Å². The minimum atomic E-state index is -0.546. The van der Waals surface area contributed by atoms with Crippen molar-refractivity contribution in [2.75, 3.05) is 11.9 Å². The number of anilines is 2. The summed E-state index contributed by atoms with van der Waals surface area (Å²) in [5, 5.41) is 3.92. The first-order valence-electron chi connectivity index (χ1n) is 8.61. The summed E-state index contributed by atoms with van der Waals surface area (Å²) in [7, 11) is 0. The molecule has 0 amide bonds. The lowest BCUT2D eigenvalue weighted by molar-refractivity contribution is 0.327. The molecule has 0 spiro atoms. The largest absolute Gasteiger partial charge is 0.478 e. The number of halogens is 1. The van der Waals surface area contributed by atoms with Crippen molar-refractivity contribution in [1.82, 2.24) is 19.9 Å². The molecule has 27 heavy (non-hydrogen) atoms. The number of hydrogen-bond donors (Lipinski definition) is 2. The summed E-state index contributed by atoms with van der Waals surface area (Å²) in [5.41, 5.74) is 3.54. The van der Waals surface area contributed by atoms with Crippen LogP contribution in [-0.4, -0.2) is 26.5 Å². The van der Waals surface area contributed by atoms with E-state index in [1.54, 1.807) is 36.8 Å². The van der Waals surface area contributed by atoms with Crippen molar-refractivity contribution in [3.63, 3.8) is 0 Å². The van der Waals surface area contributed by atoms with Crippen LogP contribution in [0.2, 0.25) is 0 Å². The zero-order chi connectivity index (χ0) is 18.8. The Balaban J connectivity index is 1.64. The third-order valence-electron chi connectivity index (χ3n) is 4.20. The van der Waals surface area contributed by atoms with Crippen LogP contribution in [0.3, 0.4) is 0 Å². The maximum absolute atomic E-state index is 14.8. The SMILES string of the molecule is CCOc1ccc(Nc2ccc(-c3c(C)cnc4[nH]ccc34)c(F)n2)cn1. The van der Waals surface area contributed by atoms with Gasteiger partial charge in [-0.05, 0) is 43.7 Å². The van der Waals surface area contributed by atoms with Gasteiger partial charge < -0.3 is 15.0 Å². The molecule has 4 aromatic heterocycles. The van der Waals surface area contributed by atoms with Crippen molar-refractivity contribution in [1.29, 1.82) is 0 Å². The standard InChI is InChI=1S/C20H18FN5O/c1-3-27-17-7-4-13(11-23-17)25-16-6-5-14(19(21)26-16)18-12(2)10-24-20-15(18)8-9-22-20/h4-11H,3H2,1-2H3,(H,22,24)(H,25,26). The second kappa shape index (κ2) is 7.03. The normalized spacial score (nSPS) is 10.9. The first kappa shape index (κ1) is 17.0. The second-order valence-corrected chi connectivity index (χ2v) is 6.03. The van der Waals surface area contributed by atoms with Gasteiger partial charge in [0.2, 0.25) is 11.8 Å². The quantitative estimate of drug-likeness (QED) is 0.507. The molecule has 0 aromatic carbocycles. The molecule has 0 unspecified atom stereocenters. The molecule has 136 valence electrons. The molecule has 6 nitrogen and oxygen atoms in total. The minimum absolute atomic E-state index is 0.402. The fourth-order valence-electron chi connectivity index (χ4n) is 2.99. The molecule has 0 bridgehead atoms. The van der Waals surface area contributed by atoms with Crippen molar-refractivity contribution in [2.45, 2.75) is 13.8 Å². The molecule has 7 heteroatoms. The van der Waals surface area contributed by atoms with Gasteiger partial charge in [-0.3, -0.25) is 0 Å². The number of ether oxygens (including phenoxy) is 1. The highest BCUT2D eigenvalue weighted by Gasteiger charge is 2.15. The average molecular weight is 363 g/mol. The van der Waals surface area contributed by atoms with Gasteiger partial charge in [-0.15, -0.1) is 0 Å². The number of aromatic amines is 1. The van der Waals surface area contributed by atoms with Gasteiger partial charge in [-0.1, -0.05) is 0 Å². The summed E-state index contributed by atoms with van der Waals surface area (Å²) >= 11 is 0. The summed E-state index contributed by atoms with van der Waals surface area (Å²) < 4.78 is 20.1. The molecule has 4 aromatic rings. The Morgan fingerprint density at radius 2 is 2.00 bits per heavy atom. The number of hydrogen-bond acceptors (Lipinski definition) is 5. The zero-order valence-corrected chi connectivity index (χ0v) is 15.0. The molecular formula is C20H18FN5O. The first-order chi connectivity index (χ1) is 13.2. The summed E-state index contributed by atoms with van der Waals surface area (Å²) in [4.78, 5) is 15.6. The smallest absolute Gasteiger partial charge is 0.222 e. The van der Waals surface area contributed by atoms with Crippen LogP contribution in [0, 0.1) is 12.9 Å². The Morgan fingerprint density at radius 3 is 2.74 bits per heavy atom. The third-order valence-corrected chi connectivity index (χ3v) is 4.20. The Morgan fingerprint density at radius 1 is 1.11 bits per heavy atom. The van der Waals surface area contributed by atoms with E-state index in [1.807, 2.05) is 26.0 Å². The molecule has 4 heterocycles. The van der Waals surface area contributed by atoms with E-state index in [4.69, 9.17) is 4.74 Å². The van der Waals surface area contributed by atoms with Crippen LogP contribution in [-0.2, 0) is 0 Å². The molecule has 2 N–H and O–H groups in total. The Hall–Kier alpha value is -3.48. The molecule has 0 aliphatic heterocycles. The Labute approximate surface area is 155 Å². The van der Waals surface area contributed by atoms with Crippen molar-refractivity contribution < 1.29 is 9.13 Å². The van der Waals surface area contributed by atoms with Gasteiger partial charge in [-0.2, -0.15) is 4.39 Å². The number of aromatic nitrogens is 4. The summed E-state index contributed by atoms with van der Waals surface area (Å²) in [6.45, 7) is 4.36. The van der Waals surface area contributed by atoms with Crippen molar-refractivity contribution in [2.24, 2.45) is 0 Å². The lowest BCUT2D eigenvalue weighted by atomic mass is 10.0. The van der Waals surface area contributed by atoms with Crippen LogP contribution < -0.4 is 10.1 Å². The van der Waals surface area contributed by atoms with Gasteiger partial charge in [0.1, 0.15) is 11.5 Å². The monoisotopic (exact) mass is 363 g/mol. The molecule has 0 saturated heterocycles. The van der Waals surface area contributed by atoms with E-state index in [9.17, 15) is 4.39 Å². The topological polar surface area (TPSA) is 75.7 Å². The van der Waals surface area contributed by atoms with Crippen LogP contribution in [0.25, 0.3) is 22.2 Å². The Bertz CT molecular complexity index is 1090. The molecule has 4 rings (SSSR count). The molecule has 0 aliphatic rings. The number of nitrogens with one attached hydrogen (secondary N) is 2. The predicted octanol–water partition coefficient (Wildman–Crippen LogP) is 4.61. The van der Waals surface area contributed by atoms with Crippen molar-refractivity contribution in [3.05, 3.63) is 60.4 Å². The molecule has 0 atom stereocenters. The molecular weight excluding hydrogens is 345 g/mol. The lowest BCUT2D eigenvalue weighted by Crippen LogP contribution is -1.99. The number of fused-ring (bicyclic) bond motifs is 1. The van der Waals surface area contributed by atoms with Gasteiger partial charge in [0, 0.05) is 35.0 Å². The number of rotatable bonds is 5. The highest BCUT2D eigenvalue weighted by Crippen LogP contribution is 2.32. The van der Waals surface area contributed by atoms with E-state index >= 15 is 0 Å². The van der Waals surface area contributed by atoms with Gasteiger partial charge in [0.05, 0.1) is 18.5 Å². The van der Waals surface area contributed by atoms with Crippen molar-refractivity contribution >= 4 is 22.5 Å². The zero-order valence-electron chi connectivity index (χ0n) is 15.0. The van der Waals surface area contributed by atoms with Gasteiger partial charge in [0.25, 0.3) is 0 Å². The third kappa shape index (κ3) is 3.31. The van der Waals surface area contributed by atoms with Crippen LogP contribution >= 0.6 is 0 Å². The molecule has 0 saturated carbocycles. The van der Waals surface area contributed by atoms with E-state index in [0.29, 0.717) is 29.6 Å². The lowest BCUT2D eigenvalue weighted by Gasteiger charge is -2.11. The highest BCUT2D eigenvalue weighted by molar-refractivity contribution is 5.94. The average Bonchev–Trinajstić information content (AvgIpc) is 3.13.